The smallest absolute Gasteiger partial charge is 0.345 e. The molecule has 0 unspecified atom stereocenters. The highest BCUT2D eigenvalue weighted by Crippen LogP contribution is 2.30. The van der Waals surface area contributed by atoms with E-state index < -0.39 is 17.7 Å². The number of hydrogen-bond donors (Lipinski definition) is 2. The Hall–Kier alpha value is -2.50. The first kappa shape index (κ1) is 17.6. The Morgan fingerprint density at radius 1 is 1.05 bits per heavy atom. The van der Waals surface area contributed by atoms with Crippen molar-refractivity contribution in [1.82, 2.24) is 0 Å². The van der Waals surface area contributed by atoms with E-state index in [0.29, 0.717) is 12.8 Å². The molecule has 120 valence electrons. The standard InChI is InChI=1S/C16H20O6/c1-3-8-21-15(19)12(16(20)22-9-4-2)10-11-6-5-7-13(17)14(11)18/h5-7,10,17-18H,3-4,8-9H2,1-2H3. The fourth-order valence-electron chi connectivity index (χ4n) is 1.57. The summed E-state index contributed by atoms with van der Waals surface area (Å²) in [5.74, 6) is -2.43. The molecule has 6 heteroatoms. The monoisotopic (exact) mass is 308 g/mol. The molecule has 0 aliphatic rings. The maximum absolute atomic E-state index is 12.0. The summed E-state index contributed by atoms with van der Waals surface area (Å²) >= 11 is 0. The third-order valence-electron chi connectivity index (χ3n) is 2.66. The van der Waals surface area contributed by atoms with Gasteiger partial charge in [-0.25, -0.2) is 9.59 Å². The average molecular weight is 308 g/mol. The fourth-order valence-corrected chi connectivity index (χ4v) is 1.57. The van der Waals surface area contributed by atoms with Crippen molar-refractivity contribution in [3.05, 3.63) is 29.3 Å². The molecule has 22 heavy (non-hydrogen) atoms. The van der Waals surface area contributed by atoms with E-state index >= 15 is 0 Å². The molecule has 1 aromatic carbocycles. The molecule has 0 saturated carbocycles. The zero-order chi connectivity index (χ0) is 16.5. The third-order valence-corrected chi connectivity index (χ3v) is 2.66. The lowest BCUT2D eigenvalue weighted by Gasteiger charge is -2.09. The van der Waals surface area contributed by atoms with Gasteiger partial charge in [-0.15, -0.1) is 0 Å². The Balaban J connectivity index is 3.12. The number of carbonyl (C=O) groups excluding carboxylic acids is 2. The SMILES string of the molecule is CCCOC(=O)C(=Cc1cccc(O)c1O)C(=O)OCCC. The van der Waals surface area contributed by atoms with Crippen LogP contribution in [0, 0.1) is 0 Å². The summed E-state index contributed by atoms with van der Waals surface area (Å²) in [6.45, 7) is 3.99. The Labute approximate surface area is 129 Å². The van der Waals surface area contributed by atoms with Gasteiger partial charge in [0.2, 0.25) is 0 Å². The maximum atomic E-state index is 12.0. The number of carbonyl (C=O) groups is 2. The van der Waals surface area contributed by atoms with E-state index in [-0.39, 0.29) is 30.1 Å². The second-order valence-corrected chi connectivity index (χ2v) is 4.54. The van der Waals surface area contributed by atoms with Crippen LogP contribution in [0.25, 0.3) is 6.08 Å². The number of hydrogen-bond acceptors (Lipinski definition) is 6. The molecule has 0 spiro atoms. The zero-order valence-corrected chi connectivity index (χ0v) is 12.7. The molecule has 0 heterocycles. The normalized spacial score (nSPS) is 9.91. The van der Waals surface area contributed by atoms with E-state index in [4.69, 9.17) is 9.47 Å². The molecular weight excluding hydrogens is 288 g/mol. The van der Waals surface area contributed by atoms with Gasteiger partial charge >= 0.3 is 11.9 Å². The van der Waals surface area contributed by atoms with Gasteiger partial charge in [-0.3, -0.25) is 0 Å². The van der Waals surface area contributed by atoms with Gasteiger partial charge in [-0.1, -0.05) is 26.0 Å². The fraction of sp³-hybridized carbons (Fsp3) is 0.375. The molecule has 0 saturated heterocycles. The van der Waals surface area contributed by atoms with Crippen LogP contribution < -0.4 is 0 Å². The lowest BCUT2D eigenvalue weighted by Crippen LogP contribution is -2.19. The molecule has 6 nitrogen and oxygen atoms in total. The first-order valence-corrected chi connectivity index (χ1v) is 7.08. The Bertz CT molecular complexity index is 540. The van der Waals surface area contributed by atoms with E-state index in [1.54, 1.807) is 0 Å². The molecule has 0 atom stereocenters. The van der Waals surface area contributed by atoms with Crippen LogP contribution in [0.1, 0.15) is 32.3 Å². The van der Waals surface area contributed by atoms with Crippen LogP contribution in [0.3, 0.4) is 0 Å². The van der Waals surface area contributed by atoms with Crippen molar-refractivity contribution in [2.75, 3.05) is 13.2 Å². The second-order valence-electron chi connectivity index (χ2n) is 4.54. The van der Waals surface area contributed by atoms with Crippen LogP contribution in [0.2, 0.25) is 0 Å². The van der Waals surface area contributed by atoms with Crippen molar-refractivity contribution in [2.24, 2.45) is 0 Å². The summed E-state index contributed by atoms with van der Waals surface area (Å²) in [6.07, 6.45) is 2.37. The summed E-state index contributed by atoms with van der Waals surface area (Å²) < 4.78 is 9.89. The number of aromatic hydroxyl groups is 2. The minimum Gasteiger partial charge on any atom is -0.504 e. The summed E-state index contributed by atoms with van der Waals surface area (Å²) in [4.78, 5) is 23.9. The average Bonchev–Trinajstić information content (AvgIpc) is 2.51. The van der Waals surface area contributed by atoms with E-state index in [0.717, 1.165) is 6.08 Å². The Morgan fingerprint density at radius 3 is 2.09 bits per heavy atom. The Morgan fingerprint density at radius 2 is 1.59 bits per heavy atom. The number of esters is 2. The molecule has 1 rings (SSSR count). The summed E-state index contributed by atoms with van der Waals surface area (Å²) in [5, 5.41) is 19.2. The highest BCUT2D eigenvalue weighted by Gasteiger charge is 2.22. The van der Waals surface area contributed by atoms with Crippen molar-refractivity contribution in [1.29, 1.82) is 0 Å². The summed E-state index contributed by atoms with van der Waals surface area (Å²) in [6, 6.07) is 4.22. The van der Waals surface area contributed by atoms with Crippen LogP contribution in [0.15, 0.2) is 23.8 Å². The molecule has 0 amide bonds. The van der Waals surface area contributed by atoms with Crippen molar-refractivity contribution >= 4 is 18.0 Å². The number of para-hydroxylation sites is 1. The van der Waals surface area contributed by atoms with Crippen LogP contribution in [-0.4, -0.2) is 35.4 Å². The van der Waals surface area contributed by atoms with E-state index in [2.05, 4.69) is 0 Å². The predicted molar refractivity (Wildman–Crippen MR) is 80.2 cm³/mol. The van der Waals surface area contributed by atoms with E-state index in [1.165, 1.54) is 18.2 Å². The molecule has 1 aromatic rings. The van der Waals surface area contributed by atoms with Gasteiger partial charge in [0.15, 0.2) is 11.5 Å². The van der Waals surface area contributed by atoms with Gasteiger partial charge in [-0.2, -0.15) is 0 Å². The van der Waals surface area contributed by atoms with Gasteiger partial charge in [0, 0.05) is 5.56 Å². The molecule has 0 fully saturated rings. The number of ether oxygens (including phenoxy) is 2. The van der Waals surface area contributed by atoms with Gasteiger partial charge in [0.25, 0.3) is 0 Å². The molecule has 2 N–H and O–H groups in total. The van der Waals surface area contributed by atoms with Crippen molar-refractivity contribution < 1.29 is 29.3 Å². The summed E-state index contributed by atoms with van der Waals surface area (Å²) in [5.41, 5.74) is -0.209. The van der Waals surface area contributed by atoms with Gasteiger partial charge in [0.1, 0.15) is 5.57 Å². The molecular formula is C16H20O6. The molecule has 0 aromatic heterocycles. The van der Waals surface area contributed by atoms with Crippen LogP contribution in [0.4, 0.5) is 0 Å². The summed E-state index contributed by atoms with van der Waals surface area (Å²) in [7, 11) is 0. The predicted octanol–water partition coefficient (Wildman–Crippen LogP) is 2.39. The van der Waals surface area contributed by atoms with Gasteiger partial charge in [-0.05, 0) is 25.0 Å². The highest BCUT2D eigenvalue weighted by atomic mass is 16.6. The minimum atomic E-state index is -0.828. The van der Waals surface area contributed by atoms with E-state index in [1.807, 2.05) is 13.8 Å². The quantitative estimate of drug-likeness (QED) is 0.264. The van der Waals surface area contributed by atoms with Gasteiger partial charge < -0.3 is 19.7 Å². The zero-order valence-electron chi connectivity index (χ0n) is 12.7. The van der Waals surface area contributed by atoms with Gasteiger partial charge in [0.05, 0.1) is 13.2 Å². The first-order valence-electron chi connectivity index (χ1n) is 7.08. The third kappa shape index (κ3) is 4.80. The maximum Gasteiger partial charge on any atom is 0.345 e. The lowest BCUT2D eigenvalue weighted by molar-refractivity contribution is -0.147. The molecule has 0 aliphatic heterocycles. The second kappa shape index (κ2) is 8.71. The van der Waals surface area contributed by atoms with Crippen molar-refractivity contribution in [3.63, 3.8) is 0 Å². The number of phenolic OH excluding ortho intramolecular Hbond substituents is 2. The number of phenols is 2. The topological polar surface area (TPSA) is 93.1 Å². The lowest BCUT2D eigenvalue weighted by atomic mass is 10.1. The van der Waals surface area contributed by atoms with Crippen molar-refractivity contribution in [3.8, 4) is 11.5 Å². The largest absolute Gasteiger partial charge is 0.504 e. The molecule has 0 aliphatic carbocycles. The van der Waals surface area contributed by atoms with Crippen LogP contribution in [0.5, 0.6) is 11.5 Å². The van der Waals surface area contributed by atoms with E-state index in [9.17, 15) is 19.8 Å². The number of benzene rings is 1. The molecule has 0 bridgehead atoms. The first-order chi connectivity index (χ1) is 10.5. The highest BCUT2D eigenvalue weighted by molar-refractivity contribution is 6.17. The molecule has 0 radical (unpaired) electrons. The van der Waals surface area contributed by atoms with Crippen LogP contribution in [-0.2, 0) is 19.1 Å². The van der Waals surface area contributed by atoms with Crippen LogP contribution >= 0.6 is 0 Å². The number of rotatable bonds is 7. The minimum absolute atomic E-state index is 0.122. The Kier molecular flexibility index (Phi) is 6.95. The van der Waals surface area contributed by atoms with Crippen molar-refractivity contribution in [2.45, 2.75) is 26.7 Å².